The Morgan fingerprint density at radius 3 is 2.68 bits per heavy atom. The van der Waals surface area contributed by atoms with Crippen molar-refractivity contribution in [2.24, 2.45) is 17.6 Å². The van der Waals surface area contributed by atoms with Gasteiger partial charge in [0.1, 0.15) is 0 Å². The zero-order chi connectivity index (χ0) is 13.7. The van der Waals surface area contributed by atoms with Crippen molar-refractivity contribution in [3.8, 4) is 0 Å². The first-order chi connectivity index (χ1) is 9.22. The predicted molar refractivity (Wildman–Crippen MR) is 77.8 cm³/mol. The average Bonchev–Trinajstić information content (AvgIpc) is 2.46. The van der Waals surface area contributed by atoms with Gasteiger partial charge in [-0.3, -0.25) is 4.79 Å². The van der Waals surface area contributed by atoms with E-state index in [9.17, 15) is 4.79 Å². The van der Waals surface area contributed by atoms with Crippen LogP contribution in [0.15, 0.2) is 0 Å². The zero-order valence-corrected chi connectivity index (χ0v) is 12.2. The summed E-state index contributed by atoms with van der Waals surface area (Å²) in [6, 6.07) is 0.526. The molecule has 0 radical (unpaired) electrons. The Morgan fingerprint density at radius 2 is 1.95 bits per heavy atom. The minimum absolute atomic E-state index is 0.160. The number of carbonyl (C=O) groups is 1. The first-order valence-electron chi connectivity index (χ1n) is 7.90. The zero-order valence-electron chi connectivity index (χ0n) is 12.2. The molecule has 0 aromatic carbocycles. The minimum Gasteiger partial charge on any atom is -0.354 e. The fraction of sp³-hybridized carbons (Fsp3) is 0.933. The van der Waals surface area contributed by atoms with Crippen molar-refractivity contribution in [1.82, 2.24) is 10.2 Å². The molecule has 1 heterocycles. The molecule has 3 N–H and O–H groups in total. The van der Waals surface area contributed by atoms with Crippen LogP contribution < -0.4 is 11.1 Å². The number of nitrogens with two attached hydrogens (primary N) is 1. The topological polar surface area (TPSA) is 58.4 Å². The molecule has 2 fully saturated rings. The molecular formula is C15H29N3O. The number of nitrogens with zero attached hydrogens (tertiary/aromatic N) is 1. The average molecular weight is 267 g/mol. The summed E-state index contributed by atoms with van der Waals surface area (Å²) >= 11 is 0. The molecule has 1 amide bonds. The standard InChI is InChI=1S/C15H29N3O/c1-18-9-5-4-7-13(18)11-17-15(19)14-8-3-2-6-12(14)10-16/h12-14H,2-11,16H2,1H3,(H,17,19). The smallest absolute Gasteiger partial charge is 0.223 e. The van der Waals surface area contributed by atoms with Crippen LogP contribution in [0.25, 0.3) is 0 Å². The molecular weight excluding hydrogens is 238 g/mol. The molecule has 19 heavy (non-hydrogen) atoms. The van der Waals surface area contributed by atoms with Crippen LogP contribution in [0.3, 0.4) is 0 Å². The number of amides is 1. The lowest BCUT2D eigenvalue weighted by molar-refractivity contribution is -0.127. The van der Waals surface area contributed by atoms with E-state index in [4.69, 9.17) is 5.73 Å². The summed E-state index contributed by atoms with van der Waals surface area (Å²) in [5, 5.41) is 3.18. The molecule has 0 bridgehead atoms. The summed E-state index contributed by atoms with van der Waals surface area (Å²) in [7, 11) is 2.17. The summed E-state index contributed by atoms with van der Waals surface area (Å²) in [4.78, 5) is 14.7. The van der Waals surface area contributed by atoms with Gasteiger partial charge in [0.2, 0.25) is 5.91 Å². The van der Waals surface area contributed by atoms with Crippen molar-refractivity contribution < 1.29 is 4.79 Å². The summed E-state index contributed by atoms with van der Waals surface area (Å²) in [6.45, 7) is 2.62. The number of hydrogen-bond donors (Lipinski definition) is 2. The molecule has 1 aliphatic heterocycles. The van der Waals surface area contributed by atoms with Gasteiger partial charge in [0.05, 0.1) is 0 Å². The van der Waals surface area contributed by atoms with Crippen LogP contribution in [0.4, 0.5) is 0 Å². The lowest BCUT2D eigenvalue weighted by Gasteiger charge is -2.34. The van der Waals surface area contributed by atoms with Gasteiger partial charge in [-0.15, -0.1) is 0 Å². The number of likely N-dealkylation sites (N-methyl/N-ethyl adjacent to an activating group) is 1. The number of piperidine rings is 1. The highest BCUT2D eigenvalue weighted by Gasteiger charge is 2.30. The largest absolute Gasteiger partial charge is 0.354 e. The van der Waals surface area contributed by atoms with Gasteiger partial charge in [-0.2, -0.15) is 0 Å². The highest BCUT2D eigenvalue weighted by atomic mass is 16.1. The van der Waals surface area contributed by atoms with Gasteiger partial charge in [-0.1, -0.05) is 19.3 Å². The quantitative estimate of drug-likeness (QED) is 0.808. The third-order valence-electron chi connectivity index (χ3n) is 4.98. The van der Waals surface area contributed by atoms with Crippen LogP contribution in [-0.4, -0.2) is 43.5 Å². The van der Waals surface area contributed by atoms with Gasteiger partial charge in [0.15, 0.2) is 0 Å². The third kappa shape index (κ3) is 3.93. The van der Waals surface area contributed by atoms with Crippen molar-refractivity contribution in [2.45, 2.75) is 51.0 Å². The van der Waals surface area contributed by atoms with Gasteiger partial charge in [0.25, 0.3) is 0 Å². The van der Waals surface area contributed by atoms with E-state index in [1.165, 1.54) is 32.1 Å². The van der Waals surface area contributed by atoms with Crippen molar-refractivity contribution in [2.75, 3.05) is 26.7 Å². The molecule has 1 saturated heterocycles. The van der Waals surface area contributed by atoms with Crippen LogP contribution in [-0.2, 0) is 4.79 Å². The lowest BCUT2D eigenvalue weighted by atomic mass is 9.78. The van der Waals surface area contributed by atoms with E-state index in [0.29, 0.717) is 18.5 Å². The van der Waals surface area contributed by atoms with Gasteiger partial charge in [-0.25, -0.2) is 0 Å². The highest BCUT2D eigenvalue weighted by molar-refractivity contribution is 5.79. The maximum Gasteiger partial charge on any atom is 0.223 e. The Hall–Kier alpha value is -0.610. The molecule has 0 aromatic heterocycles. The molecule has 2 aliphatic rings. The molecule has 4 heteroatoms. The molecule has 1 aliphatic carbocycles. The highest BCUT2D eigenvalue weighted by Crippen LogP contribution is 2.29. The molecule has 110 valence electrons. The number of nitrogens with one attached hydrogen (secondary N) is 1. The number of likely N-dealkylation sites (tertiary alicyclic amines) is 1. The number of rotatable bonds is 4. The minimum atomic E-state index is 0.160. The van der Waals surface area contributed by atoms with E-state index in [0.717, 1.165) is 25.9 Å². The van der Waals surface area contributed by atoms with Crippen molar-refractivity contribution in [1.29, 1.82) is 0 Å². The van der Waals surface area contributed by atoms with E-state index in [1.54, 1.807) is 0 Å². The van der Waals surface area contributed by atoms with Crippen LogP contribution >= 0.6 is 0 Å². The Morgan fingerprint density at radius 1 is 1.21 bits per heavy atom. The lowest BCUT2D eigenvalue weighted by Crippen LogP contribution is -2.47. The molecule has 1 saturated carbocycles. The third-order valence-corrected chi connectivity index (χ3v) is 4.98. The summed E-state index contributed by atoms with van der Waals surface area (Å²) < 4.78 is 0. The Bertz CT molecular complexity index is 295. The fourth-order valence-corrected chi connectivity index (χ4v) is 3.59. The molecule has 3 atom stereocenters. The first-order valence-corrected chi connectivity index (χ1v) is 7.90. The van der Waals surface area contributed by atoms with Gasteiger partial charge >= 0.3 is 0 Å². The van der Waals surface area contributed by atoms with E-state index < -0.39 is 0 Å². The van der Waals surface area contributed by atoms with Crippen LogP contribution in [0.1, 0.15) is 44.9 Å². The maximum atomic E-state index is 12.3. The second-order valence-corrected chi connectivity index (χ2v) is 6.26. The molecule has 3 unspecified atom stereocenters. The molecule has 0 aromatic rings. The van der Waals surface area contributed by atoms with E-state index >= 15 is 0 Å². The Kier molecular flexibility index (Phi) is 5.64. The first kappa shape index (κ1) is 14.8. The Balaban J connectivity index is 1.79. The summed E-state index contributed by atoms with van der Waals surface area (Å²) in [6.07, 6.45) is 8.35. The van der Waals surface area contributed by atoms with Crippen molar-refractivity contribution in [3.63, 3.8) is 0 Å². The second-order valence-electron chi connectivity index (χ2n) is 6.26. The monoisotopic (exact) mass is 267 g/mol. The molecule has 2 rings (SSSR count). The summed E-state index contributed by atoms with van der Waals surface area (Å²) in [5.41, 5.74) is 5.80. The van der Waals surface area contributed by atoms with Crippen LogP contribution in [0, 0.1) is 11.8 Å². The van der Waals surface area contributed by atoms with E-state index in [1.807, 2.05) is 0 Å². The Labute approximate surface area is 117 Å². The fourth-order valence-electron chi connectivity index (χ4n) is 3.59. The van der Waals surface area contributed by atoms with E-state index in [-0.39, 0.29) is 11.8 Å². The molecule has 0 spiro atoms. The van der Waals surface area contributed by atoms with Crippen molar-refractivity contribution in [3.05, 3.63) is 0 Å². The van der Waals surface area contributed by atoms with Crippen LogP contribution in [0.2, 0.25) is 0 Å². The normalized spacial score (nSPS) is 33.1. The number of hydrogen-bond acceptors (Lipinski definition) is 3. The van der Waals surface area contributed by atoms with Crippen molar-refractivity contribution >= 4 is 5.91 Å². The SMILES string of the molecule is CN1CCCCC1CNC(=O)C1CCCCC1CN. The van der Waals surface area contributed by atoms with Gasteiger partial charge < -0.3 is 16.0 Å². The number of carbonyl (C=O) groups excluding carboxylic acids is 1. The van der Waals surface area contributed by atoms with Crippen LogP contribution in [0.5, 0.6) is 0 Å². The maximum absolute atomic E-state index is 12.3. The molecule has 4 nitrogen and oxygen atoms in total. The van der Waals surface area contributed by atoms with Gasteiger partial charge in [-0.05, 0) is 51.7 Å². The van der Waals surface area contributed by atoms with Gasteiger partial charge in [0, 0.05) is 18.5 Å². The predicted octanol–water partition coefficient (Wildman–Crippen LogP) is 1.35. The second kappa shape index (κ2) is 7.25. The summed E-state index contributed by atoms with van der Waals surface area (Å²) in [5.74, 6) is 0.805. The van der Waals surface area contributed by atoms with E-state index in [2.05, 4.69) is 17.3 Å².